The zero-order valence-electron chi connectivity index (χ0n) is 10.2. The third-order valence-electron chi connectivity index (χ3n) is 2.14. The zero-order valence-corrected chi connectivity index (χ0v) is 12.6. The van der Waals surface area contributed by atoms with Crippen molar-refractivity contribution in [3.05, 3.63) is 20.8 Å². The molecule has 5 nitrogen and oxygen atoms in total. The van der Waals surface area contributed by atoms with E-state index in [0.717, 1.165) is 3.79 Å². The number of hydrogen-bond acceptors (Lipinski definition) is 4. The van der Waals surface area contributed by atoms with E-state index in [1.165, 1.54) is 11.3 Å². The largest absolute Gasteiger partial charge is 0.383 e. The molecule has 2 amide bonds. The number of ether oxygens (including phenoxy) is 1. The number of amides is 2. The van der Waals surface area contributed by atoms with E-state index in [2.05, 4.69) is 26.6 Å². The zero-order chi connectivity index (χ0) is 13.5. The highest BCUT2D eigenvalue weighted by atomic mass is 79.9. The fourth-order valence-corrected chi connectivity index (χ4v) is 2.49. The second-order valence-corrected chi connectivity index (χ2v) is 6.05. The summed E-state index contributed by atoms with van der Waals surface area (Å²) in [5.41, 5.74) is 0. The molecule has 1 aromatic heterocycles. The summed E-state index contributed by atoms with van der Waals surface area (Å²) in [6.45, 7) is 2.52. The molecule has 1 atom stereocenters. The fraction of sp³-hybridized carbons (Fsp3) is 0.455. The van der Waals surface area contributed by atoms with Crippen molar-refractivity contribution in [3.63, 3.8) is 0 Å². The Balaban J connectivity index is 2.41. The molecule has 0 saturated carbocycles. The molecule has 0 aliphatic rings. The standard InChI is InChI=1S/C11H15BrN2O3S/c1-7(10(15)13-5-6-17-2)14-11(16)8-3-4-9(12)18-8/h3-4,7H,5-6H2,1-2H3,(H,13,15)(H,14,16)/t7-/m0/s1. The first-order chi connectivity index (χ1) is 8.54. The number of hydrogen-bond donors (Lipinski definition) is 2. The Morgan fingerprint density at radius 3 is 2.78 bits per heavy atom. The van der Waals surface area contributed by atoms with Crippen LogP contribution in [0.1, 0.15) is 16.6 Å². The molecule has 2 N–H and O–H groups in total. The number of halogens is 1. The SMILES string of the molecule is COCCNC(=O)[C@H](C)NC(=O)c1ccc(Br)s1. The van der Waals surface area contributed by atoms with Crippen LogP contribution in [0, 0.1) is 0 Å². The Morgan fingerprint density at radius 2 is 2.22 bits per heavy atom. The van der Waals surface area contributed by atoms with Crippen molar-refractivity contribution >= 4 is 39.1 Å². The second kappa shape index (κ2) is 7.50. The van der Waals surface area contributed by atoms with E-state index in [4.69, 9.17) is 4.74 Å². The molecular weight excluding hydrogens is 320 g/mol. The van der Waals surface area contributed by atoms with Gasteiger partial charge in [0.25, 0.3) is 5.91 Å². The highest BCUT2D eigenvalue weighted by Crippen LogP contribution is 2.21. The van der Waals surface area contributed by atoms with Gasteiger partial charge in [0.2, 0.25) is 5.91 Å². The van der Waals surface area contributed by atoms with Crippen LogP contribution in [-0.4, -0.2) is 38.1 Å². The van der Waals surface area contributed by atoms with Crippen LogP contribution in [0.2, 0.25) is 0 Å². The maximum atomic E-state index is 11.8. The molecule has 0 radical (unpaired) electrons. The van der Waals surface area contributed by atoms with Crippen molar-refractivity contribution < 1.29 is 14.3 Å². The molecule has 1 rings (SSSR count). The first-order valence-electron chi connectivity index (χ1n) is 5.37. The summed E-state index contributed by atoms with van der Waals surface area (Å²) in [5, 5.41) is 5.29. The number of rotatable bonds is 6. The van der Waals surface area contributed by atoms with E-state index >= 15 is 0 Å². The van der Waals surface area contributed by atoms with E-state index in [0.29, 0.717) is 18.0 Å². The minimum absolute atomic E-state index is 0.226. The molecule has 0 fully saturated rings. The third kappa shape index (κ3) is 4.75. The molecule has 0 saturated heterocycles. The van der Waals surface area contributed by atoms with Crippen molar-refractivity contribution in [1.29, 1.82) is 0 Å². The molecule has 100 valence electrons. The van der Waals surface area contributed by atoms with Crippen LogP contribution in [-0.2, 0) is 9.53 Å². The highest BCUT2D eigenvalue weighted by molar-refractivity contribution is 9.11. The van der Waals surface area contributed by atoms with Crippen LogP contribution < -0.4 is 10.6 Å². The van der Waals surface area contributed by atoms with Crippen molar-refractivity contribution in [2.24, 2.45) is 0 Å². The van der Waals surface area contributed by atoms with E-state index in [9.17, 15) is 9.59 Å². The van der Waals surface area contributed by atoms with E-state index in [-0.39, 0.29) is 11.8 Å². The van der Waals surface area contributed by atoms with Gasteiger partial charge in [0.15, 0.2) is 0 Å². The topological polar surface area (TPSA) is 67.4 Å². The van der Waals surface area contributed by atoms with E-state index in [1.807, 2.05) is 0 Å². The van der Waals surface area contributed by atoms with Gasteiger partial charge in [-0.1, -0.05) is 0 Å². The second-order valence-electron chi connectivity index (χ2n) is 3.58. The number of nitrogens with one attached hydrogen (secondary N) is 2. The maximum absolute atomic E-state index is 11.8. The molecule has 18 heavy (non-hydrogen) atoms. The van der Waals surface area contributed by atoms with Crippen LogP contribution in [0.25, 0.3) is 0 Å². The summed E-state index contributed by atoms with van der Waals surface area (Å²) in [4.78, 5) is 23.9. The lowest BCUT2D eigenvalue weighted by Gasteiger charge is -2.13. The van der Waals surface area contributed by atoms with Gasteiger partial charge in [-0.05, 0) is 35.0 Å². The van der Waals surface area contributed by atoms with Crippen molar-refractivity contribution in [2.45, 2.75) is 13.0 Å². The lowest BCUT2D eigenvalue weighted by molar-refractivity contribution is -0.122. The average Bonchev–Trinajstić information content (AvgIpc) is 2.76. The van der Waals surface area contributed by atoms with Crippen LogP contribution >= 0.6 is 27.3 Å². The Morgan fingerprint density at radius 1 is 1.50 bits per heavy atom. The monoisotopic (exact) mass is 334 g/mol. The van der Waals surface area contributed by atoms with Gasteiger partial charge in [-0.25, -0.2) is 0 Å². The minimum Gasteiger partial charge on any atom is -0.383 e. The van der Waals surface area contributed by atoms with Crippen LogP contribution in [0.4, 0.5) is 0 Å². The molecular formula is C11H15BrN2O3S. The van der Waals surface area contributed by atoms with Gasteiger partial charge in [0, 0.05) is 13.7 Å². The molecule has 0 spiro atoms. The maximum Gasteiger partial charge on any atom is 0.262 e. The first-order valence-corrected chi connectivity index (χ1v) is 6.98. The van der Waals surface area contributed by atoms with Crippen molar-refractivity contribution in [3.8, 4) is 0 Å². The van der Waals surface area contributed by atoms with Crippen LogP contribution in [0.3, 0.4) is 0 Å². The number of thiophene rings is 1. The van der Waals surface area contributed by atoms with E-state index < -0.39 is 6.04 Å². The quantitative estimate of drug-likeness (QED) is 0.772. The van der Waals surface area contributed by atoms with Crippen LogP contribution in [0.5, 0.6) is 0 Å². The van der Waals surface area contributed by atoms with Gasteiger partial charge in [-0.15, -0.1) is 11.3 Å². The summed E-state index contributed by atoms with van der Waals surface area (Å²) in [6.07, 6.45) is 0. The normalized spacial score (nSPS) is 11.9. The molecule has 1 heterocycles. The lowest BCUT2D eigenvalue weighted by atomic mass is 10.3. The Hall–Kier alpha value is -0.920. The summed E-state index contributed by atoms with van der Waals surface area (Å²) < 4.78 is 5.70. The van der Waals surface area contributed by atoms with Gasteiger partial charge in [-0.3, -0.25) is 9.59 Å². The molecule has 0 aromatic carbocycles. The van der Waals surface area contributed by atoms with E-state index in [1.54, 1.807) is 26.2 Å². The summed E-state index contributed by atoms with van der Waals surface area (Å²) in [7, 11) is 1.56. The summed E-state index contributed by atoms with van der Waals surface area (Å²) >= 11 is 4.61. The predicted molar refractivity (Wildman–Crippen MR) is 73.8 cm³/mol. The Labute approximate surface area is 118 Å². The fourth-order valence-electron chi connectivity index (χ4n) is 1.20. The van der Waals surface area contributed by atoms with Gasteiger partial charge in [-0.2, -0.15) is 0 Å². The first kappa shape index (κ1) is 15.1. The van der Waals surface area contributed by atoms with Gasteiger partial charge in [0.05, 0.1) is 15.3 Å². The molecule has 7 heteroatoms. The average molecular weight is 335 g/mol. The van der Waals surface area contributed by atoms with Gasteiger partial charge < -0.3 is 15.4 Å². The molecule has 0 aliphatic carbocycles. The molecule has 0 unspecified atom stereocenters. The van der Waals surface area contributed by atoms with Gasteiger partial charge in [0.1, 0.15) is 6.04 Å². The smallest absolute Gasteiger partial charge is 0.262 e. The number of carbonyl (C=O) groups excluding carboxylic acids is 2. The third-order valence-corrected chi connectivity index (χ3v) is 3.77. The number of methoxy groups -OCH3 is 1. The Bertz CT molecular complexity index is 422. The minimum atomic E-state index is -0.574. The highest BCUT2D eigenvalue weighted by Gasteiger charge is 2.17. The van der Waals surface area contributed by atoms with Gasteiger partial charge >= 0.3 is 0 Å². The molecule has 1 aromatic rings. The predicted octanol–water partition coefficient (Wildman–Crippen LogP) is 1.39. The molecule has 0 bridgehead atoms. The molecule has 0 aliphatic heterocycles. The number of carbonyl (C=O) groups is 2. The Kier molecular flexibility index (Phi) is 6.31. The summed E-state index contributed by atoms with van der Waals surface area (Å²) in [6, 6.07) is 2.93. The lowest BCUT2D eigenvalue weighted by Crippen LogP contribution is -2.45. The van der Waals surface area contributed by atoms with Crippen molar-refractivity contribution in [1.82, 2.24) is 10.6 Å². The van der Waals surface area contributed by atoms with Crippen molar-refractivity contribution in [2.75, 3.05) is 20.3 Å². The summed E-state index contributed by atoms with van der Waals surface area (Å²) in [5.74, 6) is -0.476. The van der Waals surface area contributed by atoms with Crippen LogP contribution in [0.15, 0.2) is 15.9 Å².